The SMILES string of the molecule is COCc1nn(Cc2ccc(Cn3cc(F)cn3)cc2)cc1C(=O)NCc1cc2ccnc(N)c2cc1F. The van der Waals surface area contributed by atoms with E-state index in [1.54, 1.807) is 29.2 Å². The van der Waals surface area contributed by atoms with Gasteiger partial charge in [-0.3, -0.25) is 14.2 Å². The molecule has 0 bridgehead atoms. The van der Waals surface area contributed by atoms with Gasteiger partial charge in [-0.1, -0.05) is 24.3 Å². The Morgan fingerprint density at radius 3 is 2.47 bits per heavy atom. The molecule has 2 aromatic carbocycles. The van der Waals surface area contributed by atoms with Crippen molar-refractivity contribution >= 4 is 22.5 Å². The van der Waals surface area contributed by atoms with Crippen LogP contribution in [0, 0.1) is 11.6 Å². The van der Waals surface area contributed by atoms with Gasteiger partial charge < -0.3 is 15.8 Å². The van der Waals surface area contributed by atoms with Crippen LogP contribution in [0.3, 0.4) is 0 Å². The molecule has 3 aromatic heterocycles. The Balaban J connectivity index is 1.28. The van der Waals surface area contributed by atoms with Crippen molar-refractivity contribution in [3.8, 4) is 0 Å². The number of hydrogen-bond donors (Lipinski definition) is 2. The number of halogens is 2. The average molecular weight is 518 g/mol. The molecule has 3 N–H and O–H groups in total. The van der Waals surface area contributed by atoms with Crippen LogP contribution in [-0.4, -0.2) is 37.6 Å². The normalized spacial score (nSPS) is 11.2. The molecule has 0 spiro atoms. The zero-order valence-corrected chi connectivity index (χ0v) is 20.6. The molecule has 0 saturated carbocycles. The highest BCUT2D eigenvalue weighted by molar-refractivity contribution is 5.95. The summed E-state index contributed by atoms with van der Waals surface area (Å²) in [6, 6.07) is 12.5. The lowest BCUT2D eigenvalue weighted by atomic mass is 10.1. The summed E-state index contributed by atoms with van der Waals surface area (Å²) < 4.78 is 36.2. The van der Waals surface area contributed by atoms with Gasteiger partial charge in [0.05, 0.1) is 37.7 Å². The topological polar surface area (TPSA) is 113 Å². The number of amides is 1. The summed E-state index contributed by atoms with van der Waals surface area (Å²) in [5.41, 5.74) is 8.91. The number of carbonyl (C=O) groups is 1. The molecule has 11 heteroatoms. The van der Waals surface area contributed by atoms with Crippen LogP contribution in [0.2, 0.25) is 0 Å². The van der Waals surface area contributed by atoms with Gasteiger partial charge in [-0.15, -0.1) is 0 Å². The van der Waals surface area contributed by atoms with Crippen LogP contribution >= 0.6 is 0 Å². The Morgan fingerprint density at radius 1 is 1.05 bits per heavy atom. The second-order valence-corrected chi connectivity index (χ2v) is 8.84. The van der Waals surface area contributed by atoms with Crippen molar-refractivity contribution in [2.45, 2.75) is 26.2 Å². The lowest BCUT2D eigenvalue weighted by Gasteiger charge is -2.09. The summed E-state index contributed by atoms with van der Waals surface area (Å²) >= 11 is 0. The smallest absolute Gasteiger partial charge is 0.255 e. The Kier molecular flexibility index (Phi) is 7.09. The molecule has 0 unspecified atom stereocenters. The molecule has 0 aliphatic rings. The Labute approximate surface area is 216 Å². The monoisotopic (exact) mass is 517 g/mol. The zero-order chi connectivity index (χ0) is 26.6. The first-order valence-corrected chi connectivity index (χ1v) is 11.8. The van der Waals surface area contributed by atoms with Gasteiger partial charge >= 0.3 is 0 Å². The van der Waals surface area contributed by atoms with E-state index in [0.29, 0.717) is 35.3 Å². The number of pyridine rings is 1. The maximum absolute atomic E-state index is 14.7. The minimum absolute atomic E-state index is 0.0119. The van der Waals surface area contributed by atoms with Crippen molar-refractivity contribution in [3.63, 3.8) is 0 Å². The number of methoxy groups -OCH3 is 1. The van der Waals surface area contributed by atoms with E-state index in [1.165, 1.54) is 30.3 Å². The minimum atomic E-state index is -0.480. The van der Waals surface area contributed by atoms with Crippen LogP contribution in [0.1, 0.15) is 32.7 Å². The first kappa shape index (κ1) is 25.0. The number of aromatic nitrogens is 5. The predicted molar refractivity (Wildman–Crippen MR) is 137 cm³/mol. The number of nitrogens with zero attached hydrogens (tertiary/aromatic N) is 5. The van der Waals surface area contributed by atoms with Crippen molar-refractivity contribution in [3.05, 3.63) is 107 Å². The quantitative estimate of drug-likeness (QED) is 0.309. The van der Waals surface area contributed by atoms with Gasteiger partial charge in [-0.2, -0.15) is 10.2 Å². The van der Waals surface area contributed by atoms with Crippen molar-refractivity contribution in [2.75, 3.05) is 12.8 Å². The fraction of sp³-hybridized carbons (Fsp3) is 0.185. The Hall–Kier alpha value is -4.64. The van der Waals surface area contributed by atoms with E-state index >= 15 is 0 Å². The third-order valence-electron chi connectivity index (χ3n) is 6.08. The van der Waals surface area contributed by atoms with Gasteiger partial charge in [0.2, 0.25) is 0 Å². The summed E-state index contributed by atoms with van der Waals surface area (Å²) in [7, 11) is 1.52. The summed E-state index contributed by atoms with van der Waals surface area (Å²) in [5.74, 6) is -1.00. The van der Waals surface area contributed by atoms with Gasteiger partial charge in [-0.05, 0) is 34.7 Å². The second-order valence-electron chi connectivity index (χ2n) is 8.84. The van der Waals surface area contributed by atoms with Crippen LogP contribution in [0.15, 0.2) is 67.3 Å². The highest BCUT2D eigenvalue weighted by Crippen LogP contribution is 2.23. The van der Waals surface area contributed by atoms with Crippen molar-refractivity contribution in [1.29, 1.82) is 0 Å². The molecule has 1 amide bonds. The van der Waals surface area contributed by atoms with E-state index in [4.69, 9.17) is 10.5 Å². The fourth-order valence-electron chi connectivity index (χ4n) is 4.19. The molecule has 0 aliphatic carbocycles. The third kappa shape index (κ3) is 5.52. The first-order chi connectivity index (χ1) is 18.4. The molecular formula is C27H25F2N7O2. The number of carbonyl (C=O) groups excluding carboxylic acids is 1. The maximum atomic E-state index is 14.7. The number of benzene rings is 2. The second kappa shape index (κ2) is 10.8. The molecule has 0 fully saturated rings. The van der Waals surface area contributed by atoms with Gasteiger partial charge in [0.1, 0.15) is 17.3 Å². The number of nitrogens with two attached hydrogens (primary N) is 1. The van der Waals surface area contributed by atoms with Gasteiger partial charge in [0, 0.05) is 37.0 Å². The number of anilines is 1. The van der Waals surface area contributed by atoms with Gasteiger partial charge in [0.15, 0.2) is 5.82 Å². The highest BCUT2D eigenvalue weighted by Gasteiger charge is 2.17. The van der Waals surface area contributed by atoms with E-state index in [-0.39, 0.29) is 30.7 Å². The molecule has 0 saturated heterocycles. The number of hydrogen-bond acceptors (Lipinski definition) is 6. The fourth-order valence-corrected chi connectivity index (χ4v) is 4.19. The zero-order valence-electron chi connectivity index (χ0n) is 20.6. The van der Waals surface area contributed by atoms with E-state index in [1.807, 2.05) is 24.3 Å². The van der Waals surface area contributed by atoms with Crippen LogP contribution in [0.5, 0.6) is 0 Å². The minimum Gasteiger partial charge on any atom is -0.383 e. The molecule has 0 atom stereocenters. The van der Waals surface area contributed by atoms with Gasteiger partial charge in [-0.25, -0.2) is 13.8 Å². The molecule has 3 heterocycles. The van der Waals surface area contributed by atoms with Crippen LogP contribution in [0.4, 0.5) is 14.6 Å². The summed E-state index contributed by atoms with van der Waals surface area (Å²) in [6.07, 6.45) is 5.71. The Bertz CT molecular complexity index is 1600. The summed E-state index contributed by atoms with van der Waals surface area (Å²) in [5, 5.41) is 12.5. The van der Waals surface area contributed by atoms with Crippen molar-refractivity contribution in [1.82, 2.24) is 29.9 Å². The number of nitrogen functional groups attached to an aromatic ring is 1. The van der Waals surface area contributed by atoms with E-state index in [9.17, 15) is 13.6 Å². The third-order valence-corrected chi connectivity index (χ3v) is 6.08. The molecule has 0 radical (unpaired) electrons. The van der Waals surface area contributed by atoms with E-state index in [2.05, 4.69) is 20.5 Å². The lowest BCUT2D eigenvalue weighted by molar-refractivity contribution is 0.0945. The molecular weight excluding hydrogens is 492 g/mol. The standard InChI is InChI=1S/C27H25F2N7O2/c1-38-16-25-23(27(37)32-10-20-8-19-6-7-31-26(30)22(19)9-24(20)29)15-36(34-25)13-18-4-2-17(3-5-18)12-35-14-21(28)11-33-35/h2-9,11,14-15H,10,12-13,16H2,1H3,(H2,30,31)(H,32,37). The number of nitrogens with one attached hydrogen (secondary N) is 1. The summed E-state index contributed by atoms with van der Waals surface area (Å²) in [6.45, 7) is 1.01. The lowest BCUT2D eigenvalue weighted by Crippen LogP contribution is -2.24. The van der Waals surface area contributed by atoms with Crippen molar-refractivity contribution in [2.24, 2.45) is 0 Å². The molecule has 38 heavy (non-hydrogen) atoms. The average Bonchev–Trinajstić information content (AvgIpc) is 3.50. The van der Waals surface area contributed by atoms with E-state index in [0.717, 1.165) is 16.5 Å². The predicted octanol–water partition coefficient (Wildman–Crippen LogP) is 3.66. The molecule has 5 aromatic rings. The maximum Gasteiger partial charge on any atom is 0.255 e. The highest BCUT2D eigenvalue weighted by atomic mass is 19.1. The number of rotatable bonds is 9. The number of ether oxygens (including phenoxy) is 1. The molecule has 9 nitrogen and oxygen atoms in total. The molecule has 0 aliphatic heterocycles. The van der Waals surface area contributed by atoms with Crippen LogP contribution in [-0.2, 0) is 31.0 Å². The molecule has 5 rings (SSSR count). The molecule has 194 valence electrons. The van der Waals surface area contributed by atoms with E-state index < -0.39 is 5.82 Å². The summed E-state index contributed by atoms with van der Waals surface area (Å²) in [4.78, 5) is 17.0. The number of fused-ring (bicyclic) bond motifs is 1. The van der Waals surface area contributed by atoms with Crippen LogP contribution in [0.25, 0.3) is 10.8 Å². The van der Waals surface area contributed by atoms with Crippen molar-refractivity contribution < 1.29 is 18.3 Å². The largest absolute Gasteiger partial charge is 0.383 e. The van der Waals surface area contributed by atoms with Crippen LogP contribution < -0.4 is 11.1 Å². The Morgan fingerprint density at radius 2 is 1.79 bits per heavy atom. The first-order valence-electron chi connectivity index (χ1n) is 11.8. The van der Waals surface area contributed by atoms with Gasteiger partial charge in [0.25, 0.3) is 5.91 Å².